The molecule has 2 aromatic heterocycles. The van der Waals surface area contributed by atoms with Gasteiger partial charge in [0.25, 0.3) is 5.91 Å². The average Bonchev–Trinajstić information content (AvgIpc) is 3.26. The number of hydrogen-bond acceptors (Lipinski definition) is 4. The highest BCUT2D eigenvalue weighted by Gasteiger charge is 2.29. The highest BCUT2D eigenvalue weighted by atomic mass is 35.5. The Hall–Kier alpha value is -2.47. The molecule has 1 saturated heterocycles. The smallest absolute Gasteiger partial charge is 0.289 e. The highest BCUT2D eigenvalue weighted by Crippen LogP contribution is 2.33. The second-order valence-corrected chi connectivity index (χ2v) is 7.06. The van der Waals surface area contributed by atoms with E-state index in [2.05, 4.69) is 4.98 Å². The van der Waals surface area contributed by atoms with Gasteiger partial charge in [-0.1, -0.05) is 11.6 Å². The summed E-state index contributed by atoms with van der Waals surface area (Å²) >= 11 is 6.10. The molecule has 6 nitrogen and oxygen atoms in total. The predicted octanol–water partition coefficient (Wildman–Crippen LogP) is 3.85. The highest BCUT2D eigenvalue weighted by molar-refractivity contribution is 6.31. The van der Waals surface area contributed by atoms with Gasteiger partial charge in [0.05, 0.1) is 7.11 Å². The van der Waals surface area contributed by atoms with Crippen molar-refractivity contribution in [2.75, 3.05) is 20.2 Å². The summed E-state index contributed by atoms with van der Waals surface area (Å²) in [5.74, 6) is 1.97. The summed E-state index contributed by atoms with van der Waals surface area (Å²) in [7, 11) is 3.54. The van der Waals surface area contributed by atoms with Crippen LogP contribution in [0.15, 0.2) is 35.0 Å². The standard InChI is InChI=1S/C19H20ClN3O3/c1-22-7-5-21-18(22)12-4-3-6-23(11-12)19(24)16-9-13-8-14(20)10-15(25-2)17(13)26-16/h5,7-10,12H,3-4,6,11H2,1-2H3. The first-order chi connectivity index (χ1) is 12.6. The summed E-state index contributed by atoms with van der Waals surface area (Å²) < 4.78 is 13.1. The molecule has 0 spiro atoms. The number of carbonyl (C=O) groups is 1. The van der Waals surface area contributed by atoms with Gasteiger partial charge in [-0.25, -0.2) is 4.98 Å². The maximum absolute atomic E-state index is 13.0. The van der Waals surface area contributed by atoms with Crippen LogP contribution >= 0.6 is 11.6 Å². The molecule has 3 heterocycles. The van der Waals surface area contributed by atoms with Crippen molar-refractivity contribution in [2.45, 2.75) is 18.8 Å². The largest absolute Gasteiger partial charge is 0.493 e. The van der Waals surface area contributed by atoms with Crippen LogP contribution in [-0.4, -0.2) is 40.6 Å². The van der Waals surface area contributed by atoms with Gasteiger partial charge in [-0.2, -0.15) is 0 Å². The van der Waals surface area contributed by atoms with Crippen LogP contribution in [0.2, 0.25) is 5.02 Å². The third-order valence-corrected chi connectivity index (χ3v) is 5.13. The topological polar surface area (TPSA) is 60.5 Å². The third kappa shape index (κ3) is 2.94. The Morgan fingerprint density at radius 1 is 1.38 bits per heavy atom. The average molecular weight is 374 g/mol. The number of carbonyl (C=O) groups excluding carboxylic acids is 1. The molecule has 26 heavy (non-hydrogen) atoms. The SMILES string of the molecule is COc1cc(Cl)cc2cc(C(=O)N3CCCC(c4nccn4C)C3)oc12. The molecule has 1 aliphatic rings. The fourth-order valence-corrected chi connectivity index (χ4v) is 3.86. The zero-order chi connectivity index (χ0) is 18.3. The minimum absolute atomic E-state index is 0.113. The van der Waals surface area contributed by atoms with E-state index in [1.165, 1.54) is 0 Å². The summed E-state index contributed by atoms with van der Waals surface area (Å²) in [6, 6.07) is 5.18. The summed E-state index contributed by atoms with van der Waals surface area (Å²) in [5.41, 5.74) is 0.540. The lowest BCUT2D eigenvalue weighted by molar-refractivity contribution is 0.0673. The van der Waals surface area contributed by atoms with E-state index in [4.69, 9.17) is 20.8 Å². The number of rotatable bonds is 3. The number of ether oxygens (including phenoxy) is 1. The van der Waals surface area contributed by atoms with Crippen molar-refractivity contribution in [2.24, 2.45) is 7.05 Å². The molecule has 1 amide bonds. The Balaban J connectivity index is 1.61. The first kappa shape index (κ1) is 17.0. The number of benzene rings is 1. The molecule has 0 aliphatic carbocycles. The Morgan fingerprint density at radius 3 is 2.96 bits per heavy atom. The van der Waals surface area contributed by atoms with Gasteiger partial charge < -0.3 is 18.6 Å². The lowest BCUT2D eigenvalue weighted by Crippen LogP contribution is -2.39. The molecule has 1 atom stereocenters. The molecule has 1 fully saturated rings. The Kier molecular flexibility index (Phi) is 4.36. The molecule has 1 aliphatic heterocycles. The van der Waals surface area contributed by atoms with Crippen molar-refractivity contribution in [1.29, 1.82) is 0 Å². The number of nitrogens with zero attached hydrogens (tertiary/aromatic N) is 3. The van der Waals surface area contributed by atoms with Crippen LogP contribution in [0.3, 0.4) is 0 Å². The van der Waals surface area contributed by atoms with E-state index in [1.54, 1.807) is 31.5 Å². The van der Waals surface area contributed by atoms with Gasteiger partial charge in [0, 0.05) is 54.9 Å². The number of piperidine rings is 1. The number of halogens is 1. The van der Waals surface area contributed by atoms with Crippen LogP contribution in [0.5, 0.6) is 5.75 Å². The van der Waals surface area contributed by atoms with Crippen molar-refractivity contribution >= 4 is 28.5 Å². The Bertz CT molecular complexity index is 962. The molecule has 136 valence electrons. The number of hydrogen-bond donors (Lipinski definition) is 0. The summed E-state index contributed by atoms with van der Waals surface area (Å²) in [5, 5.41) is 1.30. The molecule has 3 aromatic rings. The van der Waals surface area contributed by atoms with Gasteiger partial charge in [0.15, 0.2) is 17.1 Å². The van der Waals surface area contributed by atoms with Crippen LogP contribution in [0.25, 0.3) is 11.0 Å². The van der Waals surface area contributed by atoms with Gasteiger partial charge in [-0.15, -0.1) is 0 Å². The summed E-state index contributed by atoms with van der Waals surface area (Å²) in [4.78, 5) is 19.3. The number of likely N-dealkylation sites (tertiary alicyclic amines) is 1. The lowest BCUT2D eigenvalue weighted by Gasteiger charge is -2.31. The van der Waals surface area contributed by atoms with E-state index in [0.717, 1.165) is 24.1 Å². The molecule has 4 rings (SSSR count). The number of aromatic nitrogens is 2. The molecule has 0 radical (unpaired) electrons. The summed E-state index contributed by atoms with van der Waals surface area (Å²) in [6.45, 7) is 1.35. The maximum Gasteiger partial charge on any atom is 0.289 e. The van der Waals surface area contributed by atoms with Crippen molar-refractivity contribution < 1.29 is 13.9 Å². The third-order valence-electron chi connectivity index (χ3n) is 4.91. The minimum Gasteiger partial charge on any atom is -0.493 e. The van der Waals surface area contributed by atoms with E-state index in [-0.39, 0.29) is 11.8 Å². The van der Waals surface area contributed by atoms with Gasteiger partial charge in [0.2, 0.25) is 0 Å². The normalized spacial score (nSPS) is 17.7. The molecule has 1 unspecified atom stereocenters. The zero-order valence-corrected chi connectivity index (χ0v) is 15.5. The molecular formula is C19H20ClN3O3. The lowest BCUT2D eigenvalue weighted by atomic mass is 9.97. The monoisotopic (exact) mass is 373 g/mol. The number of fused-ring (bicyclic) bond motifs is 1. The van der Waals surface area contributed by atoms with Crippen molar-refractivity contribution in [3.8, 4) is 5.75 Å². The molecular weight excluding hydrogens is 354 g/mol. The second-order valence-electron chi connectivity index (χ2n) is 6.62. The van der Waals surface area contributed by atoms with Crippen LogP contribution < -0.4 is 4.74 Å². The van der Waals surface area contributed by atoms with Crippen LogP contribution in [0.1, 0.15) is 35.1 Å². The maximum atomic E-state index is 13.0. The van der Waals surface area contributed by atoms with Crippen molar-refractivity contribution in [3.05, 3.63) is 47.2 Å². The summed E-state index contributed by atoms with van der Waals surface area (Å²) in [6.07, 6.45) is 5.70. The van der Waals surface area contributed by atoms with E-state index in [1.807, 2.05) is 22.7 Å². The van der Waals surface area contributed by atoms with Crippen LogP contribution in [-0.2, 0) is 7.05 Å². The molecule has 0 N–H and O–H groups in total. The number of imidazole rings is 1. The number of methoxy groups -OCH3 is 1. The van der Waals surface area contributed by atoms with Gasteiger partial charge in [0.1, 0.15) is 5.82 Å². The van der Waals surface area contributed by atoms with E-state index in [9.17, 15) is 4.79 Å². The predicted molar refractivity (Wildman–Crippen MR) is 98.9 cm³/mol. The van der Waals surface area contributed by atoms with E-state index < -0.39 is 0 Å². The zero-order valence-electron chi connectivity index (χ0n) is 14.7. The Labute approximate surface area is 156 Å². The van der Waals surface area contributed by atoms with Gasteiger partial charge >= 0.3 is 0 Å². The molecule has 0 bridgehead atoms. The van der Waals surface area contributed by atoms with Gasteiger partial charge in [-0.05, 0) is 25.0 Å². The van der Waals surface area contributed by atoms with E-state index in [0.29, 0.717) is 35.2 Å². The molecule has 7 heteroatoms. The fourth-order valence-electron chi connectivity index (χ4n) is 3.64. The Morgan fingerprint density at radius 2 is 2.23 bits per heavy atom. The minimum atomic E-state index is -0.113. The number of aryl methyl sites for hydroxylation is 1. The first-order valence-electron chi connectivity index (χ1n) is 8.60. The molecule has 1 aromatic carbocycles. The number of amides is 1. The molecule has 0 saturated carbocycles. The van der Waals surface area contributed by atoms with Crippen LogP contribution in [0.4, 0.5) is 0 Å². The first-order valence-corrected chi connectivity index (χ1v) is 8.98. The second kappa shape index (κ2) is 6.68. The van der Waals surface area contributed by atoms with Crippen molar-refractivity contribution in [1.82, 2.24) is 14.5 Å². The van der Waals surface area contributed by atoms with Gasteiger partial charge in [-0.3, -0.25) is 4.79 Å². The fraction of sp³-hybridized carbons (Fsp3) is 0.368. The quantitative estimate of drug-likeness (QED) is 0.699. The van der Waals surface area contributed by atoms with E-state index >= 15 is 0 Å². The van der Waals surface area contributed by atoms with Crippen molar-refractivity contribution in [3.63, 3.8) is 0 Å². The number of furan rings is 1. The van der Waals surface area contributed by atoms with Crippen LogP contribution in [0, 0.1) is 0 Å².